The zero-order valence-electron chi connectivity index (χ0n) is 19.0. The lowest BCUT2D eigenvalue weighted by Crippen LogP contribution is -2.04. The number of aliphatic hydroxyl groups excluding tert-OH is 1. The number of hydrogen-bond donors (Lipinski definition) is 1. The first kappa shape index (κ1) is 23.9. The maximum atomic E-state index is 11.5. The second kappa shape index (κ2) is 11.7. The summed E-state index contributed by atoms with van der Waals surface area (Å²) in [5.74, 6) is 1.65. The molecule has 0 saturated heterocycles. The summed E-state index contributed by atoms with van der Waals surface area (Å²) < 4.78 is 22.1. The fraction of sp³-hybridized carbons (Fsp3) is 0.222. The van der Waals surface area contributed by atoms with Crippen molar-refractivity contribution in [2.75, 3.05) is 13.7 Å². The fourth-order valence-electron chi connectivity index (χ4n) is 3.20. The molecule has 0 aliphatic heterocycles. The van der Waals surface area contributed by atoms with E-state index in [9.17, 15) is 9.90 Å². The van der Waals surface area contributed by atoms with Crippen LogP contribution in [0.4, 0.5) is 0 Å². The summed E-state index contributed by atoms with van der Waals surface area (Å²) in [5.41, 5.74) is 2.23. The van der Waals surface area contributed by atoms with Gasteiger partial charge in [0.25, 0.3) is 0 Å². The van der Waals surface area contributed by atoms with Crippen LogP contribution in [0.3, 0.4) is 0 Å². The predicted molar refractivity (Wildman–Crippen MR) is 127 cm³/mol. The zero-order valence-corrected chi connectivity index (χ0v) is 19.0. The normalized spacial score (nSPS) is 11.8. The lowest BCUT2D eigenvalue weighted by molar-refractivity contribution is -0.131. The molecule has 0 fully saturated rings. The molecule has 1 atom stereocenters. The van der Waals surface area contributed by atoms with E-state index in [2.05, 4.69) is 0 Å². The molecule has 0 bridgehead atoms. The quantitative estimate of drug-likeness (QED) is 0.333. The van der Waals surface area contributed by atoms with Crippen molar-refractivity contribution in [1.82, 2.24) is 0 Å². The second-order valence-corrected chi connectivity index (χ2v) is 7.21. The molecule has 0 heterocycles. The molecule has 6 nitrogen and oxygen atoms in total. The van der Waals surface area contributed by atoms with Gasteiger partial charge < -0.3 is 24.1 Å². The fourth-order valence-corrected chi connectivity index (χ4v) is 3.20. The van der Waals surface area contributed by atoms with Crippen LogP contribution in [0.5, 0.6) is 23.0 Å². The van der Waals surface area contributed by atoms with Crippen molar-refractivity contribution in [3.63, 3.8) is 0 Å². The van der Waals surface area contributed by atoms with Crippen LogP contribution in [0.25, 0.3) is 6.08 Å². The average molecular weight is 449 g/mol. The smallest absolute Gasteiger partial charge is 0.308 e. The molecule has 0 spiro atoms. The molecule has 0 amide bonds. The largest absolute Gasteiger partial charge is 0.497 e. The molecule has 0 aromatic heterocycles. The summed E-state index contributed by atoms with van der Waals surface area (Å²) in [4.78, 5) is 11.5. The molecule has 6 heteroatoms. The molecule has 3 rings (SSSR count). The Labute approximate surface area is 194 Å². The predicted octanol–water partition coefficient (Wildman–Crippen LogP) is 5.35. The van der Waals surface area contributed by atoms with Crippen LogP contribution in [0.15, 0.2) is 72.8 Å². The van der Waals surface area contributed by atoms with Crippen LogP contribution >= 0.6 is 0 Å². The van der Waals surface area contributed by atoms with Crippen molar-refractivity contribution in [1.29, 1.82) is 0 Å². The first-order chi connectivity index (χ1) is 16.0. The molecule has 1 unspecified atom stereocenters. The molecule has 0 aliphatic carbocycles. The highest BCUT2D eigenvalue weighted by molar-refractivity contribution is 5.72. The number of aliphatic hydroxyl groups is 1. The van der Waals surface area contributed by atoms with Gasteiger partial charge in [-0.2, -0.15) is 0 Å². The van der Waals surface area contributed by atoms with Crippen molar-refractivity contribution in [2.45, 2.75) is 26.6 Å². The van der Waals surface area contributed by atoms with E-state index < -0.39 is 12.1 Å². The van der Waals surface area contributed by atoms with E-state index in [0.717, 1.165) is 5.56 Å². The third-order valence-electron chi connectivity index (χ3n) is 4.78. The number of carbonyl (C=O) groups excluding carboxylic acids is 1. The van der Waals surface area contributed by atoms with Crippen molar-refractivity contribution in [3.8, 4) is 23.0 Å². The van der Waals surface area contributed by atoms with Crippen LogP contribution in [-0.4, -0.2) is 24.8 Å². The van der Waals surface area contributed by atoms with E-state index in [1.165, 1.54) is 14.0 Å². The van der Waals surface area contributed by atoms with Gasteiger partial charge in [-0.1, -0.05) is 42.5 Å². The minimum Gasteiger partial charge on any atom is -0.497 e. The van der Waals surface area contributed by atoms with Gasteiger partial charge in [-0.3, -0.25) is 4.79 Å². The van der Waals surface area contributed by atoms with E-state index in [4.69, 9.17) is 18.9 Å². The van der Waals surface area contributed by atoms with Crippen molar-refractivity contribution < 1.29 is 28.8 Å². The van der Waals surface area contributed by atoms with Gasteiger partial charge in [0.1, 0.15) is 35.7 Å². The molecule has 3 aromatic rings. The Kier molecular flexibility index (Phi) is 8.49. The highest BCUT2D eigenvalue weighted by Gasteiger charge is 2.14. The van der Waals surface area contributed by atoms with E-state index >= 15 is 0 Å². The minimum absolute atomic E-state index is 0.345. The highest BCUT2D eigenvalue weighted by atomic mass is 16.5. The maximum absolute atomic E-state index is 11.5. The minimum atomic E-state index is -0.960. The Bertz CT molecular complexity index is 1090. The van der Waals surface area contributed by atoms with Crippen LogP contribution in [0.1, 0.15) is 36.6 Å². The summed E-state index contributed by atoms with van der Waals surface area (Å²) in [6.07, 6.45) is 2.35. The van der Waals surface area contributed by atoms with Gasteiger partial charge in [-0.15, -0.1) is 0 Å². The summed E-state index contributed by atoms with van der Waals surface area (Å²) in [6.45, 7) is 4.12. The van der Waals surface area contributed by atoms with Gasteiger partial charge >= 0.3 is 5.97 Å². The van der Waals surface area contributed by atoms with E-state index in [1.807, 2.05) is 37.3 Å². The Morgan fingerprint density at radius 2 is 1.70 bits per heavy atom. The standard InChI is InChI=1S/C27H28O6/c1-4-31-23-13-14-24(27(17-23)32-18-20-8-6-5-7-9-20)25(29)15-11-21-10-12-22(30-3)16-26(21)33-19(2)28/h5-17,25,29H,4,18H2,1-3H3. The maximum Gasteiger partial charge on any atom is 0.308 e. The van der Waals surface area contributed by atoms with Gasteiger partial charge in [0.2, 0.25) is 0 Å². The van der Waals surface area contributed by atoms with Gasteiger partial charge in [0.15, 0.2) is 0 Å². The SMILES string of the molecule is CCOc1ccc(C(O)C=Cc2ccc(OC)cc2OC(C)=O)c(OCc2ccccc2)c1. The Hall–Kier alpha value is -3.77. The van der Waals surface area contributed by atoms with Crippen LogP contribution in [0, 0.1) is 0 Å². The third-order valence-corrected chi connectivity index (χ3v) is 4.78. The van der Waals surface area contributed by atoms with Crippen LogP contribution in [0.2, 0.25) is 0 Å². The Balaban J connectivity index is 1.85. The molecule has 0 aliphatic rings. The topological polar surface area (TPSA) is 74.2 Å². The van der Waals surface area contributed by atoms with Gasteiger partial charge in [0, 0.05) is 30.2 Å². The summed E-state index contributed by atoms with van der Waals surface area (Å²) in [7, 11) is 1.54. The van der Waals surface area contributed by atoms with E-state index in [0.29, 0.717) is 47.3 Å². The lowest BCUT2D eigenvalue weighted by atomic mass is 10.1. The number of ether oxygens (including phenoxy) is 4. The Morgan fingerprint density at radius 1 is 0.970 bits per heavy atom. The average Bonchev–Trinajstić information content (AvgIpc) is 2.82. The third kappa shape index (κ3) is 6.85. The first-order valence-electron chi connectivity index (χ1n) is 10.7. The molecular formula is C27H28O6. The summed E-state index contributed by atoms with van der Waals surface area (Å²) in [6, 6.07) is 20.3. The molecule has 3 aromatic carbocycles. The monoisotopic (exact) mass is 448 g/mol. The number of hydrogen-bond acceptors (Lipinski definition) is 6. The number of benzene rings is 3. The number of methoxy groups -OCH3 is 1. The van der Waals surface area contributed by atoms with Crippen molar-refractivity contribution in [2.24, 2.45) is 0 Å². The molecule has 0 saturated carbocycles. The number of esters is 1. The van der Waals surface area contributed by atoms with Gasteiger partial charge in [-0.05, 0) is 36.8 Å². The molecule has 1 N–H and O–H groups in total. The molecule has 0 radical (unpaired) electrons. The number of carbonyl (C=O) groups is 1. The molecule has 172 valence electrons. The summed E-state index contributed by atoms with van der Waals surface area (Å²) >= 11 is 0. The van der Waals surface area contributed by atoms with E-state index in [-0.39, 0.29) is 0 Å². The lowest BCUT2D eigenvalue weighted by Gasteiger charge is -2.16. The van der Waals surface area contributed by atoms with Crippen LogP contribution < -0.4 is 18.9 Å². The zero-order chi connectivity index (χ0) is 23.6. The highest BCUT2D eigenvalue weighted by Crippen LogP contribution is 2.33. The van der Waals surface area contributed by atoms with Crippen LogP contribution in [-0.2, 0) is 11.4 Å². The number of rotatable bonds is 10. The van der Waals surface area contributed by atoms with Gasteiger partial charge in [-0.25, -0.2) is 0 Å². The van der Waals surface area contributed by atoms with E-state index in [1.54, 1.807) is 48.6 Å². The summed E-state index contributed by atoms with van der Waals surface area (Å²) in [5, 5.41) is 10.9. The van der Waals surface area contributed by atoms with Crippen molar-refractivity contribution >= 4 is 12.0 Å². The first-order valence-corrected chi connectivity index (χ1v) is 10.7. The Morgan fingerprint density at radius 3 is 2.39 bits per heavy atom. The molecule has 33 heavy (non-hydrogen) atoms. The van der Waals surface area contributed by atoms with Crippen molar-refractivity contribution in [3.05, 3.63) is 89.5 Å². The van der Waals surface area contributed by atoms with Gasteiger partial charge in [0.05, 0.1) is 13.7 Å². The second-order valence-electron chi connectivity index (χ2n) is 7.21. The molecular weight excluding hydrogens is 420 g/mol.